The van der Waals surface area contributed by atoms with Gasteiger partial charge in [-0.05, 0) is 49.2 Å². The van der Waals surface area contributed by atoms with E-state index >= 15 is 0 Å². The topological polar surface area (TPSA) is 12.0 Å². The summed E-state index contributed by atoms with van der Waals surface area (Å²) in [5.41, 5.74) is 1.32. The van der Waals surface area contributed by atoms with Gasteiger partial charge in [0.1, 0.15) is 11.6 Å². The Labute approximate surface area is 128 Å². The number of benzene rings is 2. The van der Waals surface area contributed by atoms with Crippen LogP contribution in [0, 0.1) is 18.6 Å². The summed E-state index contributed by atoms with van der Waals surface area (Å²) in [5.74, 6) is -0.843. The monoisotopic (exact) mass is 309 g/mol. The molecule has 2 aromatic rings. The lowest BCUT2D eigenvalue weighted by Gasteiger charge is -2.21. The third-order valence-electron chi connectivity index (χ3n) is 3.40. The maximum absolute atomic E-state index is 14.3. The van der Waals surface area contributed by atoms with Gasteiger partial charge < -0.3 is 5.32 Å². The smallest absolute Gasteiger partial charge is 0.128 e. The maximum atomic E-state index is 14.3. The van der Waals surface area contributed by atoms with Gasteiger partial charge in [-0.15, -0.1) is 0 Å². The lowest BCUT2D eigenvalue weighted by molar-refractivity contribution is 0.532. The van der Waals surface area contributed by atoms with E-state index in [1.807, 2.05) is 25.1 Å². The Kier molecular flexibility index (Phi) is 5.32. The van der Waals surface area contributed by atoms with Crippen LogP contribution in [0.25, 0.3) is 0 Å². The molecule has 0 fully saturated rings. The van der Waals surface area contributed by atoms with Crippen LogP contribution in [-0.4, -0.2) is 6.54 Å². The van der Waals surface area contributed by atoms with Gasteiger partial charge >= 0.3 is 0 Å². The predicted octanol–water partition coefficient (Wildman–Crippen LogP) is 5.02. The van der Waals surface area contributed by atoms with Crippen molar-refractivity contribution < 1.29 is 8.78 Å². The molecular weight excluding hydrogens is 292 g/mol. The number of halogens is 3. The number of rotatable bonds is 5. The van der Waals surface area contributed by atoms with Gasteiger partial charge in [0.25, 0.3) is 0 Å². The first-order chi connectivity index (χ1) is 10.0. The molecular formula is C17H18ClF2N. The number of hydrogen-bond acceptors (Lipinski definition) is 1. The lowest BCUT2D eigenvalue weighted by atomic mass is 9.96. The minimum atomic E-state index is -0.464. The highest BCUT2D eigenvalue weighted by atomic mass is 35.5. The quantitative estimate of drug-likeness (QED) is 0.818. The van der Waals surface area contributed by atoms with Crippen molar-refractivity contribution in [1.29, 1.82) is 0 Å². The standard InChI is InChI=1S/C17H18ClF2N/c1-3-8-21-17(12-6-4-5-7-14(12)18)13-10-15(19)11(2)9-16(13)20/h4-7,9-10,17,21H,3,8H2,1-2H3. The molecule has 0 spiro atoms. The first-order valence-corrected chi connectivity index (χ1v) is 7.35. The van der Waals surface area contributed by atoms with Crippen molar-refractivity contribution in [2.75, 3.05) is 6.54 Å². The summed E-state index contributed by atoms with van der Waals surface area (Å²) < 4.78 is 28.1. The Hall–Kier alpha value is -1.45. The van der Waals surface area contributed by atoms with Crippen LogP contribution in [0.1, 0.15) is 36.1 Å². The summed E-state index contributed by atoms with van der Waals surface area (Å²) >= 11 is 6.22. The van der Waals surface area contributed by atoms with Crippen molar-refractivity contribution in [2.24, 2.45) is 0 Å². The third kappa shape index (κ3) is 3.60. The first kappa shape index (κ1) is 15.9. The molecule has 0 radical (unpaired) electrons. The molecule has 0 saturated carbocycles. The summed E-state index contributed by atoms with van der Waals surface area (Å²) in [4.78, 5) is 0. The molecule has 0 aliphatic rings. The highest BCUT2D eigenvalue weighted by Crippen LogP contribution is 2.30. The third-order valence-corrected chi connectivity index (χ3v) is 3.75. The fraction of sp³-hybridized carbons (Fsp3) is 0.294. The zero-order valence-electron chi connectivity index (χ0n) is 12.1. The van der Waals surface area contributed by atoms with Crippen molar-refractivity contribution in [3.8, 4) is 0 Å². The largest absolute Gasteiger partial charge is 0.306 e. The summed E-state index contributed by atoms with van der Waals surface area (Å²) in [6, 6.07) is 9.24. The summed E-state index contributed by atoms with van der Waals surface area (Å²) in [7, 11) is 0. The van der Waals surface area contributed by atoms with Crippen LogP contribution in [0.15, 0.2) is 36.4 Å². The van der Waals surface area contributed by atoms with E-state index in [0.717, 1.165) is 12.0 Å². The van der Waals surface area contributed by atoms with Crippen LogP contribution in [0.4, 0.5) is 8.78 Å². The van der Waals surface area contributed by atoms with Gasteiger partial charge in [0.15, 0.2) is 0 Å². The van der Waals surface area contributed by atoms with Gasteiger partial charge in [-0.25, -0.2) is 8.78 Å². The van der Waals surface area contributed by atoms with Crippen LogP contribution in [0.5, 0.6) is 0 Å². The Morgan fingerprint density at radius 2 is 1.81 bits per heavy atom. The molecule has 0 bridgehead atoms. The highest BCUT2D eigenvalue weighted by molar-refractivity contribution is 6.31. The van der Waals surface area contributed by atoms with E-state index in [2.05, 4.69) is 5.32 Å². The molecule has 2 rings (SSSR count). The SMILES string of the molecule is CCCNC(c1cc(F)c(C)cc1F)c1ccccc1Cl. The van der Waals surface area contributed by atoms with Crippen molar-refractivity contribution in [1.82, 2.24) is 5.32 Å². The van der Waals surface area contributed by atoms with Crippen LogP contribution >= 0.6 is 11.6 Å². The zero-order chi connectivity index (χ0) is 15.4. The van der Waals surface area contributed by atoms with Crippen molar-refractivity contribution in [3.63, 3.8) is 0 Å². The van der Waals surface area contributed by atoms with Gasteiger partial charge in [0.05, 0.1) is 6.04 Å². The predicted molar refractivity (Wildman–Crippen MR) is 82.7 cm³/mol. The molecule has 0 amide bonds. The summed E-state index contributed by atoms with van der Waals surface area (Å²) in [5, 5.41) is 3.77. The van der Waals surface area contributed by atoms with Crippen LogP contribution in [0.2, 0.25) is 5.02 Å². The minimum Gasteiger partial charge on any atom is -0.306 e. The molecule has 0 heterocycles. The maximum Gasteiger partial charge on any atom is 0.128 e. The molecule has 1 atom stereocenters. The first-order valence-electron chi connectivity index (χ1n) is 6.98. The van der Waals surface area contributed by atoms with Gasteiger partial charge in [-0.2, -0.15) is 0 Å². The van der Waals surface area contributed by atoms with Gasteiger partial charge in [-0.3, -0.25) is 0 Å². The fourth-order valence-electron chi connectivity index (χ4n) is 2.27. The molecule has 1 unspecified atom stereocenters. The fourth-order valence-corrected chi connectivity index (χ4v) is 2.51. The van der Waals surface area contributed by atoms with E-state index in [-0.39, 0.29) is 5.56 Å². The lowest BCUT2D eigenvalue weighted by Crippen LogP contribution is -2.24. The van der Waals surface area contributed by atoms with Crippen molar-refractivity contribution in [2.45, 2.75) is 26.3 Å². The Balaban J connectivity index is 2.51. The second kappa shape index (κ2) is 7.01. The van der Waals surface area contributed by atoms with Gasteiger partial charge in [0, 0.05) is 10.6 Å². The Bertz CT molecular complexity index is 628. The van der Waals surface area contributed by atoms with E-state index in [1.54, 1.807) is 13.0 Å². The van der Waals surface area contributed by atoms with Crippen LogP contribution in [0.3, 0.4) is 0 Å². The molecule has 4 heteroatoms. The van der Waals surface area contributed by atoms with Crippen LogP contribution in [-0.2, 0) is 0 Å². The normalized spacial score (nSPS) is 12.4. The Morgan fingerprint density at radius 1 is 1.10 bits per heavy atom. The molecule has 2 aromatic carbocycles. The van der Waals surface area contributed by atoms with E-state index < -0.39 is 17.7 Å². The second-order valence-electron chi connectivity index (χ2n) is 5.03. The molecule has 1 N–H and O–H groups in total. The number of hydrogen-bond donors (Lipinski definition) is 1. The molecule has 21 heavy (non-hydrogen) atoms. The number of nitrogens with one attached hydrogen (secondary N) is 1. The highest BCUT2D eigenvalue weighted by Gasteiger charge is 2.21. The van der Waals surface area contributed by atoms with E-state index in [1.165, 1.54) is 12.1 Å². The number of aryl methyl sites for hydroxylation is 1. The Morgan fingerprint density at radius 3 is 2.48 bits per heavy atom. The van der Waals surface area contributed by atoms with E-state index in [4.69, 9.17) is 11.6 Å². The van der Waals surface area contributed by atoms with Crippen molar-refractivity contribution in [3.05, 3.63) is 69.7 Å². The average Bonchev–Trinajstić information content (AvgIpc) is 2.46. The molecule has 112 valence electrons. The van der Waals surface area contributed by atoms with E-state index in [0.29, 0.717) is 17.1 Å². The minimum absolute atomic E-state index is 0.277. The van der Waals surface area contributed by atoms with Gasteiger partial charge in [-0.1, -0.05) is 36.7 Å². The van der Waals surface area contributed by atoms with Crippen molar-refractivity contribution >= 4 is 11.6 Å². The summed E-state index contributed by atoms with van der Waals surface area (Å²) in [6.07, 6.45) is 0.886. The molecule has 0 aliphatic heterocycles. The average molecular weight is 310 g/mol. The summed E-state index contributed by atoms with van der Waals surface area (Å²) in [6.45, 7) is 4.25. The molecule has 0 saturated heterocycles. The second-order valence-corrected chi connectivity index (χ2v) is 5.44. The van der Waals surface area contributed by atoms with Crippen LogP contribution < -0.4 is 5.32 Å². The van der Waals surface area contributed by atoms with E-state index in [9.17, 15) is 8.78 Å². The molecule has 1 nitrogen and oxygen atoms in total. The molecule has 0 aliphatic carbocycles. The molecule has 0 aromatic heterocycles. The van der Waals surface area contributed by atoms with Gasteiger partial charge in [0.2, 0.25) is 0 Å². The zero-order valence-corrected chi connectivity index (χ0v) is 12.8.